The van der Waals surface area contributed by atoms with E-state index in [0.717, 1.165) is 12.2 Å². The van der Waals surface area contributed by atoms with Crippen LogP contribution in [-0.4, -0.2) is 30.2 Å². The van der Waals surface area contributed by atoms with E-state index in [4.69, 9.17) is 4.74 Å². The molecule has 0 aromatic heterocycles. The minimum Gasteiger partial charge on any atom is -0.456 e. The second-order valence-corrected chi connectivity index (χ2v) is 7.16. The van der Waals surface area contributed by atoms with Gasteiger partial charge in [-0.3, -0.25) is 0 Å². The lowest BCUT2D eigenvalue weighted by molar-refractivity contribution is 0.00696. The Morgan fingerprint density at radius 1 is 1.33 bits per heavy atom. The van der Waals surface area contributed by atoms with Gasteiger partial charge in [0, 0.05) is 18.6 Å². The monoisotopic (exact) mass is 288 g/mol. The molecule has 1 heterocycles. The summed E-state index contributed by atoms with van der Waals surface area (Å²) in [6.45, 7) is 8.87. The van der Waals surface area contributed by atoms with E-state index >= 15 is 0 Å². The minimum atomic E-state index is -0.465. The van der Waals surface area contributed by atoms with Gasteiger partial charge in [-0.1, -0.05) is 0 Å². The van der Waals surface area contributed by atoms with E-state index in [0.29, 0.717) is 17.6 Å². The van der Waals surface area contributed by atoms with Gasteiger partial charge in [-0.15, -0.1) is 0 Å². The van der Waals surface area contributed by atoms with Crippen LogP contribution in [0.4, 0.5) is 11.4 Å². The number of anilines is 2. The van der Waals surface area contributed by atoms with Crippen LogP contribution < -0.4 is 10.2 Å². The number of rotatable bonds is 2. The van der Waals surface area contributed by atoms with Gasteiger partial charge in [0.05, 0.1) is 16.9 Å². The fourth-order valence-electron chi connectivity index (χ4n) is 2.80. The predicted octanol–water partition coefficient (Wildman–Crippen LogP) is 3.42. The lowest BCUT2D eigenvalue weighted by atomic mass is 10.1. The first-order chi connectivity index (χ1) is 9.83. The van der Waals surface area contributed by atoms with E-state index in [2.05, 4.69) is 17.1 Å². The van der Waals surface area contributed by atoms with Gasteiger partial charge >= 0.3 is 5.97 Å². The van der Waals surface area contributed by atoms with E-state index in [9.17, 15) is 4.79 Å². The van der Waals surface area contributed by atoms with Crippen molar-refractivity contribution in [1.29, 1.82) is 0 Å². The quantitative estimate of drug-likeness (QED) is 0.847. The van der Waals surface area contributed by atoms with E-state index in [-0.39, 0.29) is 5.97 Å². The molecule has 4 nitrogen and oxygen atoms in total. The van der Waals surface area contributed by atoms with Gasteiger partial charge in [0.1, 0.15) is 5.60 Å². The summed E-state index contributed by atoms with van der Waals surface area (Å²) >= 11 is 0. The molecule has 1 aromatic rings. The Morgan fingerprint density at radius 2 is 2.05 bits per heavy atom. The molecule has 1 saturated carbocycles. The summed E-state index contributed by atoms with van der Waals surface area (Å²) in [6.07, 6.45) is 2.56. The Kier molecular flexibility index (Phi) is 3.34. The first kappa shape index (κ1) is 14.2. The highest BCUT2D eigenvalue weighted by molar-refractivity contribution is 5.93. The third kappa shape index (κ3) is 3.14. The molecule has 1 aliphatic heterocycles. The molecule has 1 fully saturated rings. The Morgan fingerprint density at radius 3 is 2.67 bits per heavy atom. The molecule has 1 aliphatic carbocycles. The van der Waals surface area contributed by atoms with E-state index in [1.165, 1.54) is 18.5 Å². The highest BCUT2D eigenvalue weighted by atomic mass is 16.6. The maximum Gasteiger partial charge on any atom is 0.338 e. The Balaban J connectivity index is 1.86. The second kappa shape index (κ2) is 4.93. The SMILES string of the molecule is CC1CN(C2CC2)c2ccc(C(=O)OC(C)(C)C)cc2N1. The van der Waals surface area contributed by atoms with Crippen molar-refractivity contribution in [3.05, 3.63) is 23.8 Å². The van der Waals surface area contributed by atoms with Crippen molar-refractivity contribution in [3.63, 3.8) is 0 Å². The summed E-state index contributed by atoms with van der Waals surface area (Å²) in [5.74, 6) is -0.261. The Bertz CT molecular complexity index is 558. The van der Waals surface area contributed by atoms with Crippen molar-refractivity contribution >= 4 is 17.3 Å². The van der Waals surface area contributed by atoms with Crippen LogP contribution in [0, 0.1) is 0 Å². The summed E-state index contributed by atoms with van der Waals surface area (Å²) in [6, 6.07) is 6.92. The molecule has 0 bridgehead atoms. The number of fused-ring (bicyclic) bond motifs is 1. The van der Waals surface area contributed by atoms with Gasteiger partial charge in [0.15, 0.2) is 0 Å². The average molecular weight is 288 g/mol. The number of benzene rings is 1. The third-order valence-electron chi connectivity index (χ3n) is 3.80. The van der Waals surface area contributed by atoms with Crippen LogP contribution >= 0.6 is 0 Å². The van der Waals surface area contributed by atoms with Crippen LogP contribution in [0.1, 0.15) is 50.9 Å². The van der Waals surface area contributed by atoms with Crippen molar-refractivity contribution < 1.29 is 9.53 Å². The zero-order valence-electron chi connectivity index (χ0n) is 13.3. The summed E-state index contributed by atoms with van der Waals surface area (Å²) in [5, 5.41) is 3.48. The number of hydrogen-bond acceptors (Lipinski definition) is 4. The first-order valence-corrected chi connectivity index (χ1v) is 7.74. The standard InChI is InChI=1S/C17H24N2O2/c1-11-10-19(13-6-7-13)15-8-5-12(9-14(15)18-11)16(20)21-17(2,3)4/h5,8-9,11,13,18H,6-7,10H2,1-4H3. The van der Waals surface area contributed by atoms with Gasteiger partial charge in [-0.25, -0.2) is 4.79 Å². The number of hydrogen-bond donors (Lipinski definition) is 1. The van der Waals surface area contributed by atoms with Crippen molar-refractivity contribution in [2.45, 2.75) is 58.2 Å². The maximum absolute atomic E-state index is 12.2. The van der Waals surface area contributed by atoms with Crippen molar-refractivity contribution in [2.24, 2.45) is 0 Å². The lowest BCUT2D eigenvalue weighted by Crippen LogP contribution is -2.41. The number of ether oxygens (including phenoxy) is 1. The molecular weight excluding hydrogens is 264 g/mol. The molecule has 1 unspecified atom stereocenters. The van der Waals surface area contributed by atoms with Crippen LogP contribution in [0.3, 0.4) is 0 Å². The minimum absolute atomic E-state index is 0.261. The largest absolute Gasteiger partial charge is 0.456 e. The molecule has 1 atom stereocenters. The molecule has 3 rings (SSSR count). The number of esters is 1. The van der Waals surface area contributed by atoms with E-state index < -0.39 is 5.60 Å². The molecule has 0 spiro atoms. The molecule has 1 aromatic carbocycles. The zero-order valence-corrected chi connectivity index (χ0v) is 13.3. The van der Waals surface area contributed by atoms with Gasteiger partial charge in [0.25, 0.3) is 0 Å². The second-order valence-electron chi connectivity index (χ2n) is 7.16. The molecule has 2 aliphatic rings. The predicted molar refractivity (Wildman–Crippen MR) is 85.1 cm³/mol. The third-order valence-corrected chi connectivity index (χ3v) is 3.80. The average Bonchev–Trinajstić information content (AvgIpc) is 3.19. The molecule has 4 heteroatoms. The Hall–Kier alpha value is -1.71. The highest BCUT2D eigenvalue weighted by Gasteiger charge is 2.34. The van der Waals surface area contributed by atoms with Crippen LogP contribution in [0.5, 0.6) is 0 Å². The maximum atomic E-state index is 12.2. The summed E-state index contributed by atoms with van der Waals surface area (Å²) in [5.41, 5.74) is 2.40. The van der Waals surface area contributed by atoms with Crippen LogP contribution in [-0.2, 0) is 4.74 Å². The van der Waals surface area contributed by atoms with Crippen molar-refractivity contribution in [2.75, 3.05) is 16.8 Å². The van der Waals surface area contributed by atoms with Crippen LogP contribution in [0.15, 0.2) is 18.2 Å². The van der Waals surface area contributed by atoms with Crippen LogP contribution in [0.25, 0.3) is 0 Å². The summed E-state index contributed by atoms with van der Waals surface area (Å²) in [7, 11) is 0. The number of carbonyl (C=O) groups is 1. The van der Waals surface area contributed by atoms with Gasteiger partial charge in [-0.2, -0.15) is 0 Å². The lowest BCUT2D eigenvalue weighted by Gasteiger charge is -2.36. The Labute approximate surface area is 126 Å². The molecule has 21 heavy (non-hydrogen) atoms. The van der Waals surface area contributed by atoms with Gasteiger partial charge in [-0.05, 0) is 58.7 Å². The van der Waals surface area contributed by atoms with Crippen molar-refractivity contribution in [1.82, 2.24) is 0 Å². The van der Waals surface area contributed by atoms with Crippen LogP contribution in [0.2, 0.25) is 0 Å². The van der Waals surface area contributed by atoms with Gasteiger partial charge in [0.2, 0.25) is 0 Å². The number of nitrogens with one attached hydrogen (secondary N) is 1. The molecule has 0 amide bonds. The van der Waals surface area contributed by atoms with Gasteiger partial charge < -0.3 is 15.0 Å². The smallest absolute Gasteiger partial charge is 0.338 e. The summed E-state index contributed by atoms with van der Waals surface area (Å²) in [4.78, 5) is 14.7. The normalized spacial score (nSPS) is 21.5. The topological polar surface area (TPSA) is 41.6 Å². The molecular formula is C17H24N2O2. The summed E-state index contributed by atoms with van der Waals surface area (Å²) < 4.78 is 5.45. The van der Waals surface area contributed by atoms with Crippen molar-refractivity contribution in [3.8, 4) is 0 Å². The molecule has 0 radical (unpaired) electrons. The number of carbonyl (C=O) groups excluding carboxylic acids is 1. The molecule has 0 saturated heterocycles. The van der Waals surface area contributed by atoms with E-state index in [1.54, 1.807) is 0 Å². The molecule has 1 N–H and O–H groups in total. The fourth-order valence-corrected chi connectivity index (χ4v) is 2.80. The first-order valence-electron chi connectivity index (χ1n) is 7.74. The zero-order chi connectivity index (χ0) is 15.2. The number of nitrogens with zero attached hydrogens (tertiary/aromatic N) is 1. The van der Waals surface area contributed by atoms with E-state index in [1.807, 2.05) is 39.0 Å². The molecule has 114 valence electrons. The highest BCUT2D eigenvalue weighted by Crippen LogP contribution is 2.39. The fraction of sp³-hybridized carbons (Fsp3) is 0.588.